The van der Waals surface area contributed by atoms with Gasteiger partial charge in [0.1, 0.15) is 6.04 Å². The van der Waals surface area contributed by atoms with Crippen LogP contribution in [0.15, 0.2) is 16.7 Å². The van der Waals surface area contributed by atoms with Crippen molar-refractivity contribution in [1.82, 2.24) is 4.90 Å². The summed E-state index contributed by atoms with van der Waals surface area (Å²) in [4.78, 5) is 24.7. The van der Waals surface area contributed by atoms with E-state index < -0.39 is 12.0 Å². The number of likely N-dealkylation sites (tertiary alicyclic amines) is 1. The Labute approximate surface area is 99.0 Å². The standard InChI is InChI=1S/C12H15NO4/c1-7-3-5-13(9(7)12(15)16)11(14)10-8(2)4-6-17-10/h4,6-7,9H,3,5H2,1-2H3,(H,15,16). The van der Waals surface area contributed by atoms with Gasteiger partial charge >= 0.3 is 5.97 Å². The Balaban J connectivity index is 2.26. The van der Waals surface area contributed by atoms with Crippen LogP contribution >= 0.6 is 0 Å². The molecule has 2 atom stereocenters. The highest BCUT2D eigenvalue weighted by molar-refractivity contribution is 5.95. The highest BCUT2D eigenvalue weighted by Crippen LogP contribution is 2.26. The Morgan fingerprint density at radius 2 is 2.24 bits per heavy atom. The van der Waals surface area contributed by atoms with Crippen molar-refractivity contribution in [3.63, 3.8) is 0 Å². The Morgan fingerprint density at radius 1 is 1.53 bits per heavy atom. The molecule has 0 aromatic carbocycles. The van der Waals surface area contributed by atoms with Gasteiger partial charge in [-0.25, -0.2) is 4.79 Å². The normalized spacial score (nSPS) is 24.0. The summed E-state index contributed by atoms with van der Waals surface area (Å²) < 4.78 is 5.12. The Hall–Kier alpha value is -1.78. The molecular formula is C12H15NO4. The molecule has 1 aromatic rings. The van der Waals surface area contributed by atoms with Crippen molar-refractivity contribution in [2.45, 2.75) is 26.3 Å². The molecule has 5 heteroatoms. The van der Waals surface area contributed by atoms with E-state index >= 15 is 0 Å². The first kappa shape index (κ1) is 11.7. The van der Waals surface area contributed by atoms with Gasteiger partial charge in [-0.1, -0.05) is 6.92 Å². The van der Waals surface area contributed by atoms with Gasteiger partial charge in [0.15, 0.2) is 5.76 Å². The van der Waals surface area contributed by atoms with Crippen molar-refractivity contribution in [2.24, 2.45) is 5.92 Å². The molecule has 0 saturated carbocycles. The number of amides is 1. The zero-order valence-corrected chi connectivity index (χ0v) is 9.84. The van der Waals surface area contributed by atoms with E-state index in [0.717, 1.165) is 5.56 Å². The largest absolute Gasteiger partial charge is 0.480 e. The van der Waals surface area contributed by atoms with E-state index in [-0.39, 0.29) is 17.6 Å². The fraction of sp³-hybridized carbons (Fsp3) is 0.500. The summed E-state index contributed by atoms with van der Waals surface area (Å²) in [6.07, 6.45) is 2.15. The van der Waals surface area contributed by atoms with Crippen LogP contribution in [0.25, 0.3) is 0 Å². The number of furan rings is 1. The first-order valence-electron chi connectivity index (χ1n) is 5.60. The minimum atomic E-state index is -0.951. The van der Waals surface area contributed by atoms with Gasteiger partial charge in [-0.05, 0) is 25.3 Å². The van der Waals surface area contributed by atoms with Crippen molar-refractivity contribution >= 4 is 11.9 Å². The molecule has 2 heterocycles. The zero-order chi connectivity index (χ0) is 12.6. The first-order valence-corrected chi connectivity index (χ1v) is 5.60. The van der Waals surface area contributed by atoms with Crippen molar-refractivity contribution < 1.29 is 19.1 Å². The van der Waals surface area contributed by atoms with Gasteiger partial charge in [0.2, 0.25) is 0 Å². The summed E-state index contributed by atoms with van der Waals surface area (Å²) in [5, 5.41) is 9.15. The third kappa shape index (κ3) is 1.92. The van der Waals surface area contributed by atoms with Gasteiger partial charge in [0.05, 0.1) is 6.26 Å². The zero-order valence-electron chi connectivity index (χ0n) is 9.84. The van der Waals surface area contributed by atoms with Crippen molar-refractivity contribution in [2.75, 3.05) is 6.54 Å². The van der Waals surface area contributed by atoms with Gasteiger partial charge in [0.25, 0.3) is 5.91 Å². The third-order valence-corrected chi connectivity index (χ3v) is 3.27. The summed E-state index contributed by atoms with van der Waals surface area (Å²) in [5.74, 6) is -1.06. The van der Waals surface area contributed by atoms with E-state index in [9.17, 15) is 9.59 Å². The molecule has 17 heavy (non-hydrogen) atoms. The highest BCUT2D eigenvalue weighted by atomic mass is 16.4. The monoisotopic (exact) mass is 237 g/mol. The fourth-order valence-corrected chi connectivity index (χ4v) is 2.27. The van der Waals surface area contributed by atoms with Crippen LogP contribution in [0.4, 0.5) is 0 Å². The number of rotatable bonds is 2. The Kier molecular flexibility index (Phi) is 2.92. The fourth-order valence-electron chi connectivity index (χ4n) is 2.27. The lowest BCUT2D eigenvalue weighted by Gasteiger charge is -2.22. The van der Waals surface area contributed by atoms with E-state index in [1.807, 2.05) is 6.92 Å². The molecule has 2 rings (SSSR count). The van der Waals surface area contributed by atoms with Crippen molar-refractivity contribution in [1.29, 1.82) is 0 Å². The minimum absolute atomic E-state index is 0.0216. The lowest BCUT2D eigenvalue weighted by Crippen LogP contribution is -2.42. The molecule has 0 spiro atoms. The topological polar surface area (TPSA) is 70.8 Å². The molecule has 1 N–H and O–H groups in total. The van der Waals surface area contributed by atoms with Gasteiger partial charge in [-0.2, -0.15) is 0 Å². The second-order valence-corrected chi connectivity index (χ2v) is 4.48. The summed E-state index contributed by atoms with van der Waals surface area (Å²) >= 11 is 0. The minimum Gasteiger partial charge on any atom is -0.480 e. The van der Waals surface area contributed by atoms with Gasteiger partial charge in [-0.3, -0.25) is 4.79 Å². The van der Waals surface area contributed by atoms with Gasteiger partial charge in [0, 0.05) is 12.1 Å². The second kappa shape index (κ2) is 4.24. The van der Waals surface area contributed by atoms with Crippen LogP contribution in [0.1, 0.15) is 29.5 Å². The lowest BCUT2D eigenvalue weighted by molar-refractivity contribution is -0.142. The summed E-state index contributed by atoms with van der Waals surface area (Å²) in [5.41, 5.74) is 0.735. The maximum absolute atomic E-state index is 12.2. The van der Waals surface area contributed by atoms with Crippen LogP contribution in [-0.4, -0.2) is 34.5 Å². The molecular weight excluding hydrogens is 222 g/mol. The number of nitrogens with zero attached hydrogens (tertiary/aromatic N) is 1. The summed E-state index contributed by atoms with van der Waals surface area (Å²) in [7, 11) is 0. The third-order valence-electron chi connectivity index (χ3n) is 3.27. The van der Waals surface area contributed by atoms with E-state index in [0.29, 0.717) is 13.0 Å². The first-order chi connectivity index (χ1) is 8.02. The molecule has 92 valence electrons. The molecule has 1 aliphatic rings. The number of hydrogen-bond acceptors (Lipinski definition) is 3. The Morgan fingerprint density at radius 3 is 2.76 bits per heavy atom. The SMILES string of the molecule is Cc1ccoc1C(=O)N1CCC(C)C1C(=O)O. The van der Waals surface area contributed by atoms with Crippen LogP contribution in [0, 0.1) is 12.8 Å². The van der Waals surface area contributed by atoms with Crippen LogP contribution in [0.2, 0.25) is 0 Å². The van der Waals surface area contributed by atoms with E-state index in [1.54, 1.807) is 13.0 Å². The van der Waals surface area contributed by atoms with Crippen molar-refractivity contribution in [3.05, 3.63) is 23.7 Å². The number of aliphatic carboxylic acids is 1. The molecule has 1 fully saturated rings. The average molecular weight is 237 g/mol. The Bertz CT molecular complexity index is 451. The maximum Gasteiger partial charge on any atom is 0.326 e. The number of carboxylic acid groups (broad SMARTS) is 1. The molecule has 1 saturated heterocycles. The van der Waals surface area contributed by atoms with Crippen LogP contribution in [0.3, 0.4) is 0 Å². The number of aryl methyl sites for hydroxylation is 1. The summed E-state index contributed by atoms with van der Waals surface area (Å²) in [6, 6.07) is 0.953. The number of hydrogen-bond donors (Lipinski definition) is 1. The molecule has 2 unspecified atom stereocenters. The molecule has 0 bridgehead atoms. The maximum atomic E-state index is 12.2. The van der Waals surface area contributed by atoms with Crippen LogP contribution in [0.5, 0.6) is 0 Å². The van der Waals surface area contributed by atoms with E-state index in [1.165, 1.54) is 11.2 Å². The quantitative estimate of drug-likeness (QED) is 0.846. The predicted molar refractivity (Wildman–Crippen MR) is 59.7 cm³/mol. The molecule has 1 aromatic heterocycles. The highest BCUT2D eigenvalue weighted by Gasteiger charge is 2.40. The molecule has 0 aliphatic carbocycles. The molecule has 5 nitrogen and oxygen atoms in total. The smallest absolute Gasteiger partial charge is 0.326 e. The van der Waals surface area contributed by atoms with Crippen LogP contribution < -0.4 is 0 Å². The predicted octanol–water partition coefficient (Wildman–Crippen LogP) is 1.52. The van der Waals surface area contributed by atoms with Crippen LogP contribution in [-0.2, 0) is 4.79 Å². The van der Waals surface area contributed by atoms with Gasteiger partial charge < -0.3 is 14.4 Å². The average Bonchev–Trinajstić information content (AvgIpc) is 2.83. The lowest BCUT2D eigenvalue weighted by atomic mass is 10.0. The second-order valence-electron chi connectivity index (χ2n) is 4.48. The number of carbonyl (C=O) groups is 2. The van der Waals surface area contributed by atoms with E-state index in [2.05, 4.69) is 0 Å². The molecule has 1 aliphatic heterocycles. The molecule has 0 radical (unpaired) electrons. The number of carboxylic acids is 1. The van der Waals surface area contributed by atoms with E-state index in [4.69, 9.17) is 9.52 Å². The summed E-state index contributed by atoms with van der Waals surface area (Å²) in [6.45, 7) is 4.09. The molecule has 1 amide bonds. The number of carbonyl (C=O) groups excluding carboxylic acids is 1. The van der Waals surface area contributed by atoms with Crippen molar-refractivity contribution in [3.8, 4) is 0 Å². The van der Waals surface area contributed by atoms with Gasteiger partial charge in [-0.15, -0.1) is 0 Å².